The summed E-state index contributed by atoms with van der Waals surface area (Å²) in [6, 6.07) is 0. The maximum atomic E-state index is 9.46. The standard InChI is InChI=1S/C11H22O/c1-3-5-10-6-4-7-11(8-10)9(2)12/h9-12H,3-8H2,1-2H3. The van der Waals surface area contributed by atoms with Crippen LogP contribution in [-0.4, -0.2) is 11.2 Å². The molecule has 3 unspecified atom stereocenters. The topological polar surface area (TPSA) is 20.2 Å². The zero-order valence-corrected chi connectivity index (χ0v) is 8.42. The first-order valence-corrected chi connectivity index (χ1v) is 5.42. The van der Waals surface area contributed by atoms with Crippen LogP contribution < -0.4 is 0 Å². The van der Waals surface area contributed by atoms with Gasteiger partial charge in [-0.3, -0.25) is 0 Å². The largest absolute Gasteiger partial charge is 0.393 e. The molecule has 1 heteroatoms. The van der Waals surface area contributed by atoms with Crippen molar-refractivity contribution in [3.05, 3.63) is 0 Å². The molecular weight excluding hydrogens is 148 g/mol. The monoisotopic (exact) mass is 170 g/mol. The Morgan fingerprint density at radius 1 is 1.42 bits per heavy atom. The Morgan fingerprint density at radius 3 is 2.75 bits per heavy atom. The molecule has 3 atom stereocenters. The van der Waals surface area contributed by atoms with Crippen molar-refractivity contribution in [1.82, 2.24) is 0 Å². The Morgan fingerprint density at radius 2 is 2.17 bits per heavy atom. The van der Waals surface area contributed by atoms with E-state index in [0.29, 0.717) is 5.92 Å². The van der Waals surface area contributed by atoms with Crippen LogP contribution in [0.2, 0.25) is 0 Å². The second-order valence-corrected chi connectivity index (χ2v) is 4.32. The highest BCUT2D eigenvalue weighted by Crippen LogP contribution is 2.33. The van der Waals surface area contributed by atoms with Crippen molar-refractivity contribution in [3.63, 3.8) is 0 Å². The Bertz CT molecular complexity index is 118. The van der Waals surface area contributed by atoms with Crippen molar-refractivity contribution in [2.45, 2.75) is 58.5 Å². The van der Waals surface area contributed by atoms with E-state index in [2.05, 4.69) is 6.92 Å². The van der Waals surface area contributed by atoms with Crippen LogP contribution in [0.15, 0.2) is 0 Å². The van der Waals surface area contributed by atoms with Gasteiger partial charge in [0.25, 0.3) is 0 Å². The minimum atomic E-state index is -0.0790. The van der Waals surface area contributed by atoms with E-state index in [4.69, 9.17) is 0 Å². The number of hydrogen-bond acceptors (Lipinski definition) is 1. The molecule has 1 saturated carbocycles. The van der Waals surface area contributed by atoms with E-state index in [1.54, 1.807) is 0 Å². The number of rotatable bonds is 3. The molecule has 0 aromatic heterocycles. The van der Waals surface area contributed by atoms with Crippen molar-refractivity contribution >= 4 is 0 Å². The van der Waals surface area contributed by atoms with Crippen LogP contribution in [0.5, 0.6) is 0 Å². The lowest BCUT2D eigenvalue weighted by Crippen LogP contribution is -2.24. The maximum Gasteiger partial charge on any atom is 0.0540 e. The molecule has 12 heavy (non-hydrogen) atoms. The van der Waals surface area contributed by atoms with Gasteiger partial charge >= 0.3 is 0 Å². The van der Waals surface area contributed by atoms with Crippen LogP contribution in [0, 0.1) is 11.8 Å². The van der Waals surface area contributed by atoms with Gasteiger partial charge in [-0.2, -0.15) is 0 Å². The highest BCUT2D eigenvalue weighted by molar-refractivity contribution is 4.75. The summed E-state index contributed by atoms with van der Waals surface area (Å²) in [4.78, 5) is 0. The average Bonchev–Trinajstić information content (AvgIpc) is 2.05. The Hall–Kier alpha value is -0.0400. The molecule has 1 aliphatic carbocycles. The van der Waals surface area contributed by atoms with Gasteiger partial charge in [0.05, 0.1) is 6.10 Å². The Kier molecular flexibility index (Phi) is 4.07. The quantitative estimate of drug-likeness (QED) is 0.690. The zero-order valence-electron chi connectivity index (χ0n) is 8.42. The first-order chi connectivity index (χ1) is 5.74. The lowest BCUT2D eigenvalue weighted by Gasteiger charge is -2.30. The molecule has 0 aliphatic heterocycles. The molecule has 0 amide bonds. The van der Waals surface area contributed by atoms with E-state index in [9.17, 15) is 5.11 Å². The van der Waals surface area contributed by atoms with Gasteiger partial charge in [0.1, 0.15) is 0 Å². The van der Waals surface area contributed by atoms with Gasteiger partial charge in [0.2, 0.25) is 0 Å². The fraction of sp³-hybridized carbons (Fsp3) is 1.00. The third-order valence-electron chi connectivity index (χ3n) is 3.20. The summed E-state index contributed by atoms with van der Waals surface area (Å²) < 4.78 is 0. The third kappa shape index (κ3) is 2.78. The second kappa shape index (κ2) is 4.86. The lowest BCUT2D eigenvalue weighted by atomic mass is 9.77. The van der Waals surface area contributed by atoms with E-state index in [1.165, 1.54) is 38.5 Å². The van der Waals surface area contributed by atoms with Crippen LogP contribution in [0.3, 0.4) is 0 Å². The maximum absolute atomic E-state index is 9.46. The van der Waals surface area contributed by atoms with Crippen LogP contribution in [0.25, 0.3) is 0 Å². The molecular formula is C11H22O. The predicted octanol–water partition coefficient (Wildman–Crippen LogP) is 2.97. The van der Waals surface area contributed by atoms with E-state index < -0.39 is 0 Å². The first kappa shape index (κ1) is 10.0. The molecule has 1 rings (SSSR count). The highest BCUT2D eigenvalue weighted by Gasteiger charge is 2.24. The second-order valence-electron chi connectivity index (χ2n) is 4.32. The molecule has 0 aromatic rings. The number of hydrogen-bond donors (Lipinski definition) is 1. The fourth-order valence-corrected chi connectivity index (χ4v) is 2.44. The lowest BCUT2D eigenvalue weighted by molar-refractivity contribution is 0.0815. The molecule has 0 radical (unpaired) electrons. The van der Waals surface area contributed by atoms with Crippen LogP contribution in [0.1, 0.15) is 52.4 Å². The zero-order chi connectivity index (χ0) is 8.97. The summed E-state index contributed by atoms with van der Waals surface area (Å²) >= 11 is 0. The van der Waals surface area contributed by atoms with Crippen molar-refractivity contribution in [2.24, 2.45) is 11.8 Å². The van der Waals surface area contributed by atoms with Gasteiger partial charge in [-0.15, -0.1) is 0 Å². The molecule has 1 nitrogen and oxygen atoms in total. The van der Waals surface area contributed by atoms with Gasteiger partial charge in [-0.25, -0.2) is 0 Å². The van der Waals surface area contributed by atoms with Crippen molar-refractivity contribution in [2.75, 3.05) is 0 Å². The summed E-state index contributed by atoms with van der Waals surface area (Å²) in [7, 11) is 0. The third-order valence-corrected chi connectivity index (χ3v) is 3.20. The summed E-state index contributed by atoms with van der Waals surface area (Å²) in [5, 5.41) is 9.46. The minimum Gasteiger partial charge on any atom is -0.393 e. The van der Waals surface area contributed by atoms with Gasteiger partial charge in [0.15, 0.2) is 0 Å². The average molecular weight is 170 g/mol. The van der Waals surface area contributed by atoms with Gasteiger partial charge < -0.3 is 5.11 Å². The molecule has 0 saturated heterocycles. The Balaban J connectivity index is 2.30. The Labute approximate surface area is 76.2 Å². The molecule has 0 heterocycles. The van der Waals surface area contributed by atoms with Gasteiger partial charge in [-0.05, 0) is 31.6 Å². The van der Waals surface area contributed by atoms with E-state index in [-0.39, 0.29) is 6.10 Å². The first-order valence-electron chi connectivity index (χ1n) is 5.42. The SMILES string of the molecule is CCCC1CCCC(C(C)O)C1. The normalized spacial score (nSPS) is 33.2. The molecule has 1 fully saturated rings. The van der Waals surface area contributed by atoms with Gasteiger partial charge in [0, 0.05) is 0 Å². The summed E-state index contributed by atoms with van der Waals surface area (Å²) in [5.41, 5.74) is 0. The summed E-state index contributed by atoms with van der Waals surface area (Å²) in [6.07, 6.45) is 7.84. The molecule has 1 N–H and O–H groups in total. The molecule has 0 spiro atoms. The molecule has 0 bridgehead atoms. The van der Waals surface area contributed by atoms with Crippen LogP contribution in [-0.2, 0) is 0 Å². The highest BCUT2D eigenvalue weighted by atomic mass is 16.3. The van der Waals surface area contributed by atoms with Crippen LogP contribution in [0.4, 0.5) is 0 Å². The summed E-state index contributed by atoms with van der Waals surface area (Å²) in [5.74, 6) is 1.50. The smallest absolute Gasteiger partial charge is 0.0540 e. The van der Waals surface area contributed by atoms with Crippen molar-refractivity contribution in [3.8, 4) is 0 Å². The van der Waals surface area contributed by atoms with Crippen molar-refractivity contribution < 1.29 is 5.11 Å². The van der Waals surface area contributed by atoms with E-state index >= 15 is 0 Å². The van der Waals surface area contributed by atoms with Crippen LogP contribution >= 0.6 is 0 Å². The summed E-state index contributed by atoms with van der Waals surface area (Å²) in [6.45, 7) is 4.20. The van der Waals surface area contributed by atoms with Gasteiger partial charge in [-0.1, -0.05) is 32.6 Å². The predicted molar refractivity (Wildman–Crippen MR) is 52.0 cm³/mol. The minimum absolute atomic E-state index is 0.0790. The van der Waals surface area contributed by atoms with Crippen molar-refractivity contribution in [1.29, 1.82) is 0 Å². The molecule has 72 valence electrons. The molecule has 0 aromatic carbocycles. The number of aliphatic hydroxyl groups is 1. The van der Waals surface area contributed by atoms with E-state index in [1.807, 2.05) is 6.92 Å². The van der Waals surface area contributed by atoms with E-state index in [0.717, 1.165) is 5.92 Å². The molecule has 1 aliphatic rings. The number of aliphatic hydroxyl groups excluding tert-OH is 1. The fourth-order valence-electron chi connectivity index (χ4n) is 2.44.